The molecule has 0 bridgehead atoms. The fraction of sp³-hybridized carbons (Fsp3) is 0.500. The van der Waals surface area contributed by atoms with Gasteiger partial charge >= 0.3 is 0 Å². The van der Waals surface area contributed by atoms with Gasteiger partial charge in [-0.1, -0.05) is 11.8 Å². The molecule has 0 aliphatic heterocycles. The number of carbonyl (C=O) groups excluding carboxylic acids is 1. The number of amides is 1. The molecule has 10 nitrogen and oxygen atoms in total. The van der Waals surface area contributed by atoms with Gasteiger partial charge in [0.05, 0.1) is 31.2 Å². The Labute approximate surface area is 183 Å². The first kappa shape index (κ1) is 22.2. The van der Waals surface area contributed by atoms with Crippen molar-refractivity contribution in [2.45, 2.75) is 39.0 Å². The van der Waals surface area contributed by atoms with E-state index in [2.05, 4.69) is 25.6 Å². The van der Waals surface area contributed by atoms with Crippen LogP contribution in [0.25, 0.3) is 11.4 Å². The van der Waals surface area contributed by atoms with Crippen LogP contribution in [0.4, 0.5) is 5.13 Å². The van der Waals surface area contributed by atoms with Gasteiger partial charge in [-0.25, -0.2) is 4.98 Å². The van der Waals surface area contributed by atoms with E-state index in [0.717, 1.165) is 11.3 Å². The standard InChI is InChI=1S/C18H25N7O3S2/c1-5-24-9-13(16(23-24)28-6-2)15-21-22-18(25(15)7-8-27-4)30-11-14(26)20-17-19-12(3)10-29-17/h9-10H,5-8,11H2,1-4H3,(H,19,20,26). The number of rotatable bonds is 11. The Bertz CT molecular complexity index is 982. The van der Waals surface area contributed by atoms with Crippen LogP contribution in [0.15, 0.2) is 16.7 Å². The zero-order valence-corrected chi connectivity index (χ0v) is 19.0. The molecule has 1 N–H and O–H groups in total. The number of methoxy groups -OCH3 is 1. The van der Waals surface area contributed by atoms with Crippen molar-refractivity contribution in [2.24, 2.45) is 0 Å². The number of ether oxygens (including phenoxy) is 2. The smallest absolute Gasteiger partial charge is 0.243 e. The molecule has 162 valence electrons. The van der Waals surface area contributed by atoms with E-state index in [1.165, 1.54) is 23.1 Å². The SMILES string of the molecule is CCOc1nn(CC)cc1-c1nnc(SCC(=O)Nc2nc(C)cs2)n1CCOC. The Morgan fingerprint density at radius 3 is 2.83 bits per heavy atom. The summed E-state index contributed by atoms with van der Waals surface area (Å²) in [6, 6.07) is 0. The van der Waals surface area contributed by atoms with Gasteiger partial charge in [0.25, 0.3) is 0 Å². The van der Waals surface area contributed by atoms with Gasteiger partial charge in [-0.2, -0.15) is 0 Å². The van der Waals surface area contributed by atoms with Gasteiger partial charge in [-0.05, 0) is 20.8 Å². The highest BCUT2D eigenvalue weighted by Crippen LogP contribution is 2.30. The monoisotopic (exact) mass is 451 g/mol. The molecule has 3 aromatic rings. The topological polar surface area (TPSA) is 109 Å². The van der Waals surface area contributed by atoms with Gasteiger partial charge in [0.2, 0.25) is 11.8 Å². The van der Waals surface area contributed by atoms with Crippen LogP contribution in [-0.4, -0.2) is 61.5 Å². The third-order valence-corrected chi connectivity index (χ3v) is 5.85. The Kier molecular flexibility index (Phi) is 7.82. The Balaban J connectivity index is 1.79. The molecule has 12 heteroatoms. The summed E-state index contributed by atoms with van der Waals surface area (Å²) in [7, 11) is 1.64. The number of carbonyl (C=O) groups is 1. The first-order valence-electron chi connectivity index (χ1n) is 9.53. The molecule has 0 aromatic carbocycles. The summed E-state index contributed by atoms with van der Waals surface area (Å²) in [6.07, 6.45) is 1.89. The van der Waals surface area contributed by atoms with Gasteiger partial charge in [0.15, 0.2) is 16.1 Å². The van der Waals surface area contributed by atoms with Gasteiger partial charge in [-0.3, -0.25) is 14.0 Å². The average Bonchev–Trinajstić information content (AvgIpc) is 3.43. The molecule has 0 aliphatic rings. The maximum atomic E-state index is 12.3. The largest absolute Gasteiger partial charge is 0.476 e. The maximum Gasteiger partial charge on any atom is 0.243 e. The first-order valence-corrected chi connectivity index (χ1v) is 11.4. The predicted octanol–water partition coefficient (Wildman–Crippen LogP) is 2.70. The molecule has 0 atom stereocenters. The molecule has 3 heterocycles. The van der Waals surface area contributed by atoms with E-state index in [4.69, 9.17) is 9.47 Å². The lowest BCUT2D eigenvalue weighted by molar-refractivity contribution is -0.113. The summed E-state index contributed by atoms with van der Waals surface area (Å²) in [5.41, 5.74) is 1.64. The molecule has 0 fully saturated rings. The summed E-state index contributed by atoms with van der Waals surface area (Å²) < 4.78 is 14.7. The van der Waals surface area contributed by atoms with Crippen molar-refractivity contribution in [3.63, 3.8) is 0 Å². The highest BCUT2D eigenvalue weighted by Gasteiger charge is 2.21. The normalized spacial score (nSPS) is 11.1. The quantitative estimate of drug-likeness (QED) is 0.443. The molecule has 30 heavy (non-hydrogen) atoms. The van der Waals surface area contributed by atoms with Crippen molar-refractivity contribution in [1.82, 2.24) is 29.5 Å². The molecule has 0 spiro atoms. The fourth-order valence-corrected chi connectivity index (χ4v) is 4.11. The van der Waals surface area contributed by atoms with E-state index < -0.39 is 0 Å². The second-order valence-electron chi connectivity index (χ2n) is 6.22. The Morgan fingerprint density at radius 1 is 1.33 bits per heavy atom. The summed E-state index contributed by atoms with van der Waals surface area (Å²) >= 11 is 2.71. The molecule has 0 saturated heterocycles. The molecular weight excluding hydrogens is 426 g/mol. The molecular formula is C18H25N7O3S2. The zero-order chi connectivity index (χ0) is 21.5. The average molecular weight is 452 g/mol. The molecule has 0 aliphatic carbocycles. The van der Waals surface area contributed by atoms with Crippen LogP contribution in [0.2, 0.25) is 0 Å². The molecule has 3 aromatic heterocycles. The summed E-state index contributed by atoms with van der Waals surface area (Å²) in [4.78, 5) is 16.5. The van der Waals surface area contributed by atoms with Crippen LogP contribution < -0.4 is 10.1 Å². The van der Waals surface area contributed by atoms with Crippen molar-refractivity contribution in [1.29, 1.82) is 0 Å². The lowest BCUT2D eigenvalue weighted by atomic mass is 10.3. The lowest BCUT2D eigenvalue weighted by Crippen LogP contribution is -2.15. The highest BCUT2D eigenvalue weighted by molar-refractivity contribution is 7.99. The molecule has 0 saturated carbocycles. The maximum absolute atomic E-state index is 12.3. The van der Waals surface area contributed by atoms with Gasteiger partial charge in [-0.15, -0.1) is 26.6 Å². The first-order chi connectivity index (χ1) is 14.5. The zero-order valence-electron chi connectivity index (χ0n) is 17.4. The lowest BCUT2D eigenvalue weighted by Gasteiger charge is -2.09. The summed E-state index contributed by atoms with van der Waals surface area (Å²) in [6.45, 7) is 8.03. The van der Waals surface area contributed by atoms with Crippen LogP contribution in [0.3, 0.4) is 0 Å². The van der Waals surface area contributed by atoms with E-state index >= 15 is 0 Å². The van der Waals surface area contributed by atoms with E-state index in [1.807, 2.05) is 36.9 Å². The third-order valence-electron chi connectivity index (χ3n) is 4.01. The third kappa shape index (κ3) is 5.37. The van der Waals surface area contributed by atoms with Crippen LogP contribution >= 0.6 is 23.1 Å². The summed E-state index contributed by atoms with van der Waals surface area (Å²) in [5, 5.41) is 19.0. The van der Waals surface area contributed by atoms with Crippen LogP contribution in [0.1, 0.15) is 19.5 Å². The second kappa shape index (κ2) is 10.5. The van der Waals surface area contributed by atoms with Gasteiger partial charge in [0, 0.05) is 25.2 Å². The minimum Gasteiger partial charge on any atom is -0.476 e. The molecule has 0 unspecified atom stereocenters. The Hall–Kier alpha value is -2.44. The fourth-order valence-electron chi connectivity index (χ4n) is 2.64. The molecule has 3 rings (SSSR count). The Morgan fingerprint density at radius 2 is 2.17 bits per heavy atom. The van der Waals surface area contributed by atoms with Crippen molar-refractivity contribution in [2.75, 3.05) is 31.4 Å². The molecule has 1 amide bonds. The van der Waals surface area contributed by atoms with Gasteiger partial charge < -0.3 is 14.8 Å². The van der Waals surface area contributed by atoms with Crippen molar-refractivity contribution >= 4 is 34.1 Å². The molecule has 0 radical (unpaired) electrons. The number of nitrogens with zero attached hydrogens (tertiary/aromatic N) is 6. The highest BCUT2D eigenvalue weighted by atomic mass is 32.2. The van der Waals surface area contributed by atoms with Crippen molar-refractivity contribution < 1.29 is 14.3 Å². The van der Waals surface area contributed by atoms with Crippen LogP contribution in [0.5, 0.6) is 5.88 Å². The number of thiazole rings is 1. The van der Waals surface area contributed by atoms with Gasteiger partial charge in [0.1, 0.15) is 5.56 Å². The van der Waals surface area contributed by atoms with Crippen LogP contribution in [-0.2, 0) is 22.6 Å². The minimum absolute atomic E-state index is 0.147. The number of nitrogens with one attached hydrogen (secondary N) is 1. The van der Waals surface area contributed by atoms with E-state index in [1.54, 1.807) is 11.8 Å². The number of aromatic nitrogens is 6. The summed E-state index contributed by atoms with van der Waals surface area (Å²) in [5.74, 6) is 1.19. The van der Waals surface area contributed by atoms with E-state index in [9.17, 15) is 4.79 Å². The number of hydrogen-bond acceptors (Lipinski definition) is 9. The number of anilines is 1. The minimum atomic E-state index is -0.147. The number of aryl methyl sites for hydroxylation is 2. The predicted molar refractivity (Wildman–Crippen MR) is 116 cm³/mol. The second-order valence-corrected chi connectivity index (χ2v) is 8.02. The van der Waals surface area contributed by atoms with Crippen LogP contribution in [0, 0.1) is 6.92 Å². The number of hydrogen-bond donors (Lipinski definition) is 1. The van der Waals surface area contributed by atoms with Crippen molar-refractivity contribution in [3.8, 4) is 17.3 Å². The van der Waals surface area contributed by atoms with E-state index in [-0.39, 0.29) is 11.7 Å². The number of thioether (sulfide) groups is 1. The van der Waals surface area contributed by atoms with E-state index in [0.29, 0.717) is 48.3 Å². The van der Waals surface area contributed by atoms with Crippen molar-refractivity contribution in [3.05, 3.63) is 17.3 Å².